The van der Waals surface area contributed by atoms with Gasteiger partial charge < -0.3 is 5.32 Å². The summed E-state index contributed by atoms with van der Waals surface area (Å²) < 4.78 is 22.9. The molecule has 0 radical (unpaired) electrons. The highest BCUT2D eigenvalue weighted by Gasteiger charge is 2.16. The van der Waals surface area contributed by atoms with Gasteiger partial charge in [-0.15, -0.1) is 0 Å². The SMILES string of the molecule is CS(=O)(=O)Cc1ccc(Cl)cc1NC1CCSCC1. The molecule has 0 aliphatic carbocycles. The lowest BCUT2D eigenvalue weighted by molar-refractivity contribution is 0.601. The van der Waals surface area contributed by atoms with Gasteiger partial charge in [-0.1, -0.05) is 17.7 Å². The van der Waals surface area contributed by atoms with E-state index in [1.54, 1.807) is 12.1 Å². The van der Waals surface area contributed by atoms with Crippen LogP contribution in [0.5, 0.6) is 0 Å². The second-order valence-corrected chi connectivity index (χ2v) is 8.70. The third kappa shape index (κ3) is 4.89. The van der Waals surface area contributed by atoms with E-state index in [-0.39, 0.29) is 5.75 Å². The lowest BCUT2D eigenvalue weighted by Gasteiger charge is -2.25. The van der Waals surface area contributed by atoms with Crippen LogP contribution in [-0.2, 0) is 15.6 Å². The van der Waals surface area contributed by atoms with Crippen LogP contribution in [0.2, 0.25) is 5.02 Å². The predicted octanol–water partition coefficient (Wildman–Crippen LogP) is 3.19. The van der Waals surface area contributed by atoms with Gasteiger partial charge in [-0.05, 0) is 42.0 Å². The van der Waals surface area contributed by atoms with Crippen molar-refractivity contribution in [1.82, 2.24) is 0 Å². The topological polar surface area (TPSA) is 46.2 Å². The Morgan fingerprint density at radius 1 is 1.37 bits per heavy atom. The van der Waals surface area contributed by atoms with Crippen molar-refractivity contribution in [2.45, 2.75) is 24.6 Å². The van der Waals surface area contributed by atoms with E-state index in [1.165, 1.54) is 6.26 Å². The lowest BCUT2D eigenvalue weighted by atomic mass is 10.1. The minimum atomic E-state index is -3.04. The molecule has 0 atom stereocenters. The van der Waals surface area contributed by atoms with Gasteiger partial charge in [-0.3, -0.25) is 0 Å². The van der Waals surface area contributed by atoms with Crippen LogP contribution < -0.4 is 5.32 Å². The summed E-state index contributed by atoms with van der Waals surface area (Å²) in [7, 11) is -3.04. The van der Waals surface area contributed by atoms with Crippen molar-refractivity contribution in [1.29, 1.82) is 0 Å². The van der Waals surface area contributed by atoms with Crippen LogP contribution >= 0.6 is 23.4 Å². The van der Waals surface area contributed by atoms with E-state index in [9.17, 15) is 8.42 Å². The number of hydrogen-bond acceptors (Lipinski definition) is 4. The molecule has 0 amide bonds. The Balaban J connectivity index is 2.19. The smallest absolute Gasteiger partial charge is 0.151 e. The van der Waals surface area contributed by atoms with Gasteiger partial charge in [-0.25, -0.2) is 8.42 Å². The molecule has 1 fully saturated rings. The molecule has 6 heteroatoms. The summed E-state index contributed by atoms with van der Waals surface area (Å²) in [6.45, 7) is 0. The van der Waals surface area contributed by atoms with E-state index in [4.69, 9.17) is 11.6 Å². The Labute approximate surface area is 124 Å². The quantitative estimate of drug-likeness (QED) is 0.925. The van der Waals surface area contributed by atoms with Crippen LogP contribution in [0.1, 0.15) is 18.4 Å². The van der Waals surface area contributed by atoms with Gasteiger partial charge in [0.15, 0.2) is 9.84 Å². The first-order valence-corrected chi connectivity index (χ1v) is 9.84. The summed E-state index contributed by atoms with van der Waals surface area (Å²) in [5, 5.41) is 4.08. The first-order valence-electron chi connectivity index (χ1n) is 6.24. The number of halogens is 1. The molecule has 1 N–H and O–H groups in total. The van der Waals surface area contributed by atoms with E-state index in [0.717, 1.165) is 35.6 Å². The predicted molar refractivity (Wildman–Crippen MR) is 84.0 cm³/mol. The van der Waals surface area contributed by atoms with Crippen molar-refractivity contribution in [3.05, 3.63) is 28.8 Å². The molecule has 3 nitrogen and oxygen atoms in total. The van der Waals surface area contributed by atoms with Gasteiger partial charge in [-0.2, -0.15) is 11.8 Å². The summed E-state index contributed by atoms with van der Waals surface area (Å²) in [6.07, 6.45) is 3.47. The fourth-order valence-corrected chi connectivity index (χ4v) is 4.25. The molecule has 0 saturated carbocycles. The fraction of sp³-hybridized carbons (Fsp3) is 0.538. The third-order valence-corrected chi connectivity index (χ3v) is 5.19. The van der Waals surface area contributed by atoms with Crippen molar-refractivity contribution >= 4 is 38.9 Å². The standard InChI is InChI=1S/C13H18ClNO2S2/c1-19(16,17)9-10-2-3-11(14)8-13(10)15-12-4-6-18-7-5-12/h2-3,8,12,15H,4-7,9H2,1H3. The molecule has 0 spiro atoms. The molecule has 1 aliphatic rings. The minimum Gasteiger partial charge on any atom is -0.382 e. The van der Waals surface area contributed by atoms with Gasteiger partial charge in [0.2, 0.25) is 0 Å². The van der Waals surface area contributed by atoms with Gasteiger partial charge in [0.05, 0.1) is 5.75 Å². The molecular formula is C13H18ClNO2S2. The summed E-state index contributed by atoms with van der Waals surface area (Å²) in [6, 6.07) is 5.77. The van der Waals surface area contributed by atoms with Crippen LogP contribution in [0, 0.1) is 0 Å². The number of benzene rings is 1. The zero-order valence-corrected chi connectivity index (χ0v) is 13.2. The molecule has 1 aliphatic heterocycles. The van der Waals surface area contributed by atoms with Crippen molar-refractivity contribution in [3.63, 3.8) is 0 Å². The highest BCUT2D eigenvalue weighted by molar-refractivity contribution is 7.99. The maximum Gasteiger partial charge on any atom is 0.151 e. The van der Waals surface area contributed by atoms with Gasteiger partial charge in [0, 0.05) is 23.0 Å². The second-order valence-electron chi connectivity index (χ2n) is 4.90. The number of rotatable bonds is 4. The van der Waals surface area contributed by atoms with Crippen molar-refractivity contribution in [3.8, 4) is 0 Å². The Kier molecular flexibility index (Phi) is 5.03. The van der Waals surface area contributed by atoms with Crippen molar-refractivity contribution in [2.24, 2.45) is 0 Å². The number of anilines is 1. The average Bonchev–Trinajstić information content (AvgIpc) is 2.32. The maximum atomic E-state index is 11.5. The number of thioether (sulfide) groups is 1. The highest BCUT2D eigenvalue weighted by atomic mass is 35.5. The number of nitrogens with one attached hydrogen (secondary N) is 1. The molecule has 0 bridgehead atoms. The Morgan fingerprint density at radius 2 is 2.05 bits per heavy atom. The zero-order valence-electron chi connectivity index (χ0n) is 10.9. The minimum absolute atomic E-state index is 0.0496. The third-order valence-electron chi connectivity index (χ3n) is 3.07. The van der Waals surface area contributed by atoms with E-state index < -0.39 is 9.84 Å². The van der Waals surface area contributed by atoms with Crippen molar-refractivity contribution in [2.75, 3.05) is 23.1 Å². The lowest BCUT2D eigenvalue weighted by Crippen LogP contribution is -2.25. The Bertz CT molecular complexity index is 540. The number of hydrogen-bond donors (Lipinski definition) is 1. The summed E-state index contributed by atoms with van der Waals surface area (Å²) >= 11 is 7.98. The van der Waals surface area contributed by atoms with Gasteiger partial charge in [0.25, 0.3) is 0 Å². The van der Waals surface area contributed by atoms with Gasteiger partial charge in [0.1, 0.15) is 0 Å². The molecule has 1 saturated heterocycles. The maximum absolute atomic E-state index is 11.5. The van der Waals surface area contributed by atoms with Gasteiger partial charge >= 0.3 is 0 Å². The zero-order chi connectivity index (χ0) is 13.9. The Hall–Kier alpha value is -0.390. The molecule has 0 unspecified atom stereocenters. The molecule has 1 aromatic carbocycles. The highest BCUT2D eigenvalue weighted by Crippen LogP contribution is 2.27. The van der Waals surface area contributed by atoms with Crippen LogP contribution in [0.4, 0.5) is 5.69 Å². The molecule has 0 aromatic heterocycles. The van der Waals surface area contributed by atoms with Crippen LogP contribution in [0.15, 0.2) is 18.2 Å². The summed E-state index contributed by atoms with van der Waals surface area (Å²) in [5.41, 5.74) is 1.65. The molecule has 106 valence electrons. The number of sulfone groups is 1. The first-order chi connectivity index (χ1) is 8.94. The molecule has 19 heavy (non-hydrogen) atoms. The second kappa shape index (κ2) is 6.37. The van der Waals surface area contributed by atoms with E-state index in [1.807, 2.05) is 17.8 Å². The van der Waals surface area contributed by atoms with Crippen LogP contribution in [0.3, 0.4) is 0 Å². The molecule has 1 aromatic rings. The van der Waals surface area contributed by atoms with E-state index in [0.29, 0.717) is 11.1 Å². The largest absolute Gasteiger partial charge is 0.382 e. The monoisotopic (exact) mass is 319 g/mol. The molecular weight excluding hydrogens is 302 g/mol. The average molecular weight is 320 g/mol. The molecule has 2 rings (SSSR count). The fourth-order valence-electron chi connectivity index (χ4n) is 2.15. The van der Waals surface area contributed by atoms with Crippen LogP contribution in [0.25, 0.3) is 0 Å². The normalized spacial score (nSPS) is 17.4. The molecule has 1 heterocycles. The summed E-state index contributed by atoms with van der Waals surface area (Å²) in [4.78, 5) is 0. The van der Waals surface area contributed by atoms with Crippen LogP contribution in [-0.4, -0.2) is 32.2 Å². The van der Waals surface area contributed by atoms with E-state index >= 15 is 0 Å². The van der Waals surface area contributed by atoms with E-state index in [2.05, 4.69) is 5.32 Å². The first kappa shape index (κ1) is 15.0. The summed E-state index contributed by atoms with van der Waals surface area (Å²) in [5.74, 6) is 2.35. The Morgan fingerprint density at radius 3 is 2.68 bits per heavy atom. The van der Waals surface area contributed by atoms with Crippen molar-refractivity contribution < 1.29 is 8.42 Å².